The maximum Gasteiger partial charge on any atom is 0.416 e. The zero-order chi connectivity index (χ0) is 22.1. The number of rotatable bonds is 5. The first-order valence-electron chi connectivity index (χ1n) is 9.01. The lowest BCUT2D eigenvalue weighted by Gasteiger charge is -2.23. The highest BCUT2D eigenvalue weighted by molar-refractivity contribution is 7.92. The zero-order valence-electron chi connectivity index (χ0n) is 15.6. The van der Waals surface area contributed by atoms with Gasteiger partial charge in [-0.3, -0.25) is 4.79 Å². The molecule has 2 N–H and O–H groups in total. The van der Waals surface area contributed by atoms with Crippen LogP contribution in [-0.2, 0) is 27.4 Å². The fraction of sp³-hybridized carbons (Fsp3) is 0.368. The van der Waals surface area contributed by atoms with Crippen molar-refractivity contribution in [2.75, 3.05) is 13.1 Å². The Morgan fingerprint density at radius 2 is 1.90 bits per heavy atom. The Balaban J connectivity index is 2.17. The quantitative estimate of drug-likeness (QED) is 0.738. The predicted octanol–water partition coefficient (Wildman–Crippen LogP) is 2.66. The number of hydrogen-bond acceptors (Lipinski definition) is 5. The molecule has 1 fully saturated rings. The number of nitrogens with zero attached hydrogens (tertiary/aromatic N) is 2. The van der Waals surface area contributed by atoms with Crippen LogP contribution in [0.3, 0.4) is 0 Å². The van der Waals surface area contributed by atoms with E-state index in [1.807, 2.05) is 6.07 Å². The number of sulfone groups is 1. The van der Waals surface area contributed by atoms with Crippen LogP contribution in [0.4, 0.5) is 13.2 Å². The van der Waals surface area contributed by atoms with Gasteiger partial charge in [0.05, 0.1) is 21.3 Å². The summed E-state index contributed by atoms with van der Waals surface area (Å²) in [6.07, 6.45) is -1.81. The number of hydrogen-bond donors (Lipinski definition) is 2. The van der Waals surface area contributed by atoms with Gasteiger partial charge in [-0.15, -0.1) is 0 Å². The predicted molar refractivity (Wildman–Crippen MR) is 100 cm³/mol. The van der Waals surface area contributed by atoms with Crippen LogP contribution in [-0.4, -0.2) is 42.4 Å². The molecule has 1 aromatic heterocycles. The number of aromatic nitrogens is 1. The number of alkyl halides is 3. The van der Waals surface area contributed by atoms with E-state index in [2.05, 4.69) is 5.32 Å². The van der Waals surface area contributed by atoms with Crippen molar-refractivity contribution in [2.24, 2.45) is 0 Å². The molecule has 0 aliphatic carbocycles. The maximum atomic E-state index is 13.5. The van der Waals surface area contributed by atoms with Crippen LogP contribution < -0.4 is 5.32 Å². The standard InChI is InChI=1S/C19H18F3N3O4S/c20-19(21,22)14-5-12(17-10-25(11-18(26)27)9-13(17)8-23)6-16(7-14)30(28,29)15-1-3-24-4-2-15/h5-7,9-10,15,24H,1-4,11H2,(H,26,27). The summed E-state index contributed by atoms with van der Waals surface area (Å²) in [5.41, 5.74) is -1.28. The first kappa shape index (κ1) is 21.9. The van der Waals surface area contributed by atoms with E-state index < -0.39 is 44.2 Å². The van der Waals surface area contributed by atoms with Crippen LogP contribution in [0.5, 0.6) is 0 Å². The second-order valence-corrected chi connectivity index (χ2v) is 9.23. The molecule has 30 heavy (non-hydrogen) atoms. The van der Waals surface area contributed by atoms with Gasteiger partial charge in [-0.05, 0) is 49.7 Å². The van der Waals surface area contributed by atoms with Crippen LogP contribution in [0.1, 0.15) is 24.0 Å². The molecule has 0 spiro atoms. The summed E-state index contributed by atoms with van der Waals surface area (Å²) in [6.45, 7) is 0.409. The molecule has 0 radical (unpaired) electrons. The van der Waals surface area contributed by atoms with Crippen LogP contribution in [0.25, 0.3) is 11.1 Å². The minimum Gasteiger partial charge on any atom is -0.480 e. The molecule has 2 aromatic rings. The molecule has 160 valence electrons. The van der Waals surface area contributed by atoms with Gasteiger partial charge in [-0.2, -0.15) is 18.4 Å². The molecular weight excluding hydrogens is 423 g/mol. The average molecular weight is 441 g/mol. The van der Waals surface area contributed by atoms with Gasteiger partial charge in [0.1, 0.15) is 12.6 Å². The Labute approximate surface area is 170 Å². The van der Waals surface area contributed by atoms with E-state index in [-0.39, 0.29) is 29.5 Å². The molecule has 1 aliphatic heterocycles. The normalized spacial score (nSPS) is 15.7. The number of carboxylic acids is 1. The molecule has 0 atom stereocenters. The molecule has 11 heteroatoms. The third-order valence-corrected chi connectivity index (χ3v) is 7.16. The first-order chi connectivity index (χ1) is 14.0. The Bertz CT molecular complexity index is 1110. The summed E-state index contributed by atoms with van der Waals surface area (Å²) in [6, 6.07) is 4.31. The number of nitrogens with one attached hydrogen (secondary N) is 1. The van der Waals surface area contributed by atoms with E-state index in [1.54, 1.807) is 0 Å². The largest absolute Gasteiger partial charge is 0.480 e. The number of aliphatic carboxylic acids is 1. The minimum atomic E-state index is -4.80. The third-order valence-electron chi connectivity index (χ3n) is 4.92. The van der Waals surface area contributed by atoms with E-state index in [1.165, 1.54) is 12.4 Å². The summed E-state index contributed by atoms with van der Waals surface area (Å²) in [4.78, 5) is 10.5. The fourth-order valence-electron chi connectivity index (χ4n) is 3.46. The lowest BCUT2D eigenvalue weighted by Crippen LogP contribution is -2.35. The second-order valence-electron chi connectivity index (χ2n) is 7.00. The summed E-state index contributed by atoms with van der Waals surface area (Å²) >= 11 is 0. The van der Waals surface area contributed by atoms with E-state index in [4.69, 9.17) is 5.11 Å². The smallest absolute Gasteiger partial charge is 0.416 e. The third kappa shape index (κ3) is 4.49. The number of nitriles is 1. The SMILES string of the molecule is N#Cc1cn(CC(=O)O)cc1-c1cc(C(F)(F)F)cc(S(=O)(=O)C2CCNCC2)c1. The van der Waals surface area contributed by atoms with Crippen molar-refractivity contribution in [1.82, 2.24) is 9.88 Å². The van der Waals surface area contributed by atoms with Gasteiger partial charge in [0.15, 0.2) is 9.84 Å². The lowest BCUT2D eigenvalue weighted by atomic mass is 10.0. The van der Waals surface area contributed by atoms with Gasteiger partial charge < -0.3 is 15.0 Å². The molecule has 1 aliphatic rings. The van der Waals surface area contributed by atoms with E-state index in [0.717, 1.165) is 16.7 Å². The molecule has 0 amide bonds. The van der Waals surface area contributed by atoms with Gasteiger partial charge in [-0.25, -0.2) is 8.42 Å². The van der Waals surface area contributed by atoms with Crippen molar-refractivity contribution in [3.05, 3.63) is 41.7 Å². The molecule has 1 aromatic carbocycles. The van der Waals surface area contributed by atoms with Gasteiger partial charge in [0, 0.05) is 18.0 Å². The number of benzene rings is 1. The molecule has 0 unspecified atom stereocenters. The van der Waals surface area contributed by atoms with Gasteiger partial charge in [-0.1, -0.05) is 0 Å². The molecule has 3 rings (SSSR count). The highest BCUT2D eigenvalue weighted by atomic mass is 32.2. The van der Waals surface area contributed by atoms with Crippen molar-refractivity contribution in [3.63, 3.8) is 0 Å². The van der Waals surface area contributed by atoms with E-state index in [9.17, 15) is 31.6 Å². The van der Waals surface area contributed by atoms with Crippen molar-refractivity contribution < 1.29 is 31.5 Å². The van der Waals surface area contributed by atoms with Crippen molar-refractivity contribution in [1.29, 1.82) is 5.26 Å². The monoisotopic (exact) mass is 441 g/mol. The maximum absolute atomic E-state index is 13.5. The number of piperidine rings is 1. The second kappa shape index (κ2) is 8.12. The Kier molecular flexibility index (Phi) is 5.92. The summed E-state index contributed by atoms with van der Waals surface area (Å²) < 4.78 is 67.7. The van der Waals surface area contributed by atoms with E-state index in [0.29, 0.717) is 19.2 Å². The lowest BCUT2D eigenvalue weighted by molar-refractivity contribution is -0.138. The Morgan fingerprint density at radius 1 is 1.23 bits per heavy atom. The molecule has 0 bridgehead atoms. The van der Waals surface area contributed by atoms with Gasteiger partial charge >= 0.3 is 12.1 Å². The fourth-order valence-corrected chi connectivity index (χ4v) is 5.28. The van der Waals surface area contributed by atoms with Gasteiger partial charge in [0.25, 0.3) is 0 Å². The number of carboxylic acid groups (broad SMARTS) is 1. The van der Waals surface area contributed by atoms with Crippen molar-refractivity contribution >= 4 is 15.8 Å². The van der Waals surface area contributed by atoms with Crippen LogP contribution in [0.15, 0.2) is 35.5 Å². The number of carbonyl (C=O) groups is 1. The average Bonchev–Trinajstić information content (AvgIpc) is 3.09. The Morgan fingerprint density at radius 3 is 2.47 bits per heavy atom. The highest BCUT2D eigenvalue weighted by Crippen LogP contribution is 2.37. The number of halogens is 3. The zero-order valence-corrected chi connectivity index (χ0v) is 16.4. The Hall–Kier alpha value is -2.84. The molecule has 1 saturated heterocycles. The van der Waals surface area contributed by atoms with Crippen molar-refractivity contribution in [3.8, 4) is 17.2 Å². The summed E-state index contributed by atoms with van der Waals surface area (Å²) in [7, 11) is -4.03. The molecular formula is C19H18F3N3O4S. The topological polar surface area (TPSA) is 112 Å². The molecule has 2 heterocycles. The molecule has 0 saturated carbocycles. The van der Waals surface area contributed by atoms with Crippen molar-refractivity contribution in [2.45, 2.75) is 35.7 Å². The van der Waals surface area contributed by atoms with Crippen LogP contribution in [0.2, 0.25) is 0 Å². The minimum absolute atomic E-state index is 0.0339. The van der Waals surface area contributed by atoms with Crippen LogP contribution in [0, 0.1) is 11.3 Å². The van der Waals surface area contributed by atoms with Gasteiger partial charge in [0.2, 0.25) is 0 Å². The van der Waals surface area contributed by atoms with Crippen LogP contribution >= 0.6 is 0 Å². The van der Waals surface area contributed by atoms with E-state index >= 15 is 0 Å². The highest BCUT2D eigenvalue weighted by Gasteiger charge is 2.35. The summed E-state index contributed by atoms with van der Waals surface area (Å²) in [5, 5.41) is 20.5. The molecule has 7 nitrogen and oxygen atoms in total. The summed E-state index contributed by atoms with van der Waals surface area (Å²) in [5.74, 6) is -1.20. The first-order valence-corrected chi connectivity index (χ1v) is 10.6.